The first-order valence-electron chi connectivity index (χ1n) is 7.92. The molecule has 2 heterocycles. The van der Waals surface area contributed by atoms with E-state index in [0.29, 0.717) is 11.5 Å². The van der Waals surface area contributed by atoms with Crippen molar-refractivity contribution >= 4 is 18.3 Å². The first-order valence-corrected chi connectivity index (χ1v) is 7.92. The number of amides is 1. The van der Waals surface area contributed by atoms with Crippen molar-refractivity contribution in [2.24, 2.45) is 5.92 Å². The maximum absolute atomic E-state index is 12.1. The van der Waals surface area contributed by atoms with Gasteiger partial charge in [0.2, 0.25) is 0 Å². The molecule has 1 aromatic heterocycles. The summed E-state index contributed by atoms with van der Waals surface area (Å²) in [4.78, 5) is 12.1. The van der Waals surface area contributed by atoms with Crippen LogP contribution in [0.2, 0.25) is 0 Å². The number of hydrogen-bond acceptors (Lipinski definition) is 3. The van der Waals surface area contributed by atoms with Crippen LogP contribution in [0.3, 0.4) is 0 Å². The summed E-state index contributed by atoms with van der Waals surface area (Å²) in [7, 11) is 0. The number of halogens is 1. The Labute approximate surface area is 142 Å². The van der Waals surface area contributed by atoms with Crippen molar-refractivity contribution in [3.8, 4) is 5.69 Å². The minimum absolute atomic E-state index is 0. The molecule has 1 fully saturated rings. The molecular weight excluding hydrogens is 312 g/mol. The Morgan fingerprint density at radius 2 is 2.17 bits per heavy atom. The van der Waals surface area contributed by atoms with Gasteiger partial charge in [0, 0.05) is 24.5 Å². The van der Waals surface area contributed by atoms with Crippen molar-refractivity contribution in [3.63, 3.8) is 0 Å². The molecule has 0 bridgehead atoms. The Balaban J connectivity index is 0.00000192. The van der Waals surface area contributed by atoms with Crippen LogP contribution in [0.5, 0.6) is 0 Å². The quantitative estimate of drug-likeness (QED) is 0.882. The predicted octanol–water partition coefficient (Wildman–Crippen LogP) is 2.41. The van der Waals surface area contributed by atoms with E-state index >= 15 is 0 Å². The lowest BCUT2D eigenvalue weighted by atomic mass is 9.96. The highest BCUT2D eigenvalue weighted by atomic mass is 35.5. The second kappa shape index (κ2) is 8.70. The zero-order valence-electron chi connectivity index (χ0n) is 13.1. The molecule has 0 aliphatic carbocycles. The van der Waals surface area contributed by atoms with Crippen molar-refractivity contribution in [2.75, 3.05) is 19.6 Å². The molecule has 1 atom stereocenters. The molecular formula is C17H23ClN4O. The molecule has 5 nitrogen and oxygen atoms in total. The summed E-state index contributed by atoms with van der Waals surface area (Å²) in [6.07, 6.45) is 7.17. The highest BCUT2D eigenvalue weighted by Crippen LogP contribution is 2.13. The van der Waals surface area contributed by atoms with E-state index in [9.17, 15) is 4.79 Å². The van der Waals surface area contributed by atoms with Gasteiger partial charge >= 0.3 is 0 Å². The first-order chi connectivity index (χ1) is 10.8. The SMILES string of the molecule is Cl.O=C(NCCC1CCCNC1)c1ccc(-n2cccn2)cc1. The van der Waals surface area contributed by atoms with E-state index in [4.69, 9.17) is 0 Å². The average molecular weight is 335 g/mol. The standard InChI is InChI=1S/C17H22N4O.ClH/c22-17(19-11-8-14-3-1-9-18-13-14)15-4-6-16(7-5-15)21-12-2-10-20-21;/h2,4-7,10,12,14,18H,1,3,8-9,11,13H2,(H,19,22);1H. The van der Waals surface area contributed by atoms with Crippen LogP contribution in [0, 0.1) is 5.92 Å². The molecule has 1 saturated heterocycles. The van der Waals surface area contributed by atoms with Crippen molar-refractivity contribution in [3.05, 3.63) is 48.3 Å². The molecule has 0 spiro atoms. The Hall–Kier alpha value is -1.85. The van der Waals surface area contributed by atoms with Gasteiger partial charge in [-0.1, -0.05) is 0 Å². The van der Waals surface area contributed by atoms with Crippen LogP contribution in [0.1, 0.15) is 29.6 Å². The van der Waals surface area contributed by atoms with Crippen LogP contribution in [-0.2, 0) is 0 Å². The van der Waals surface area contributed by atoms with Gasteiger partial charge < -0.3 is 10.6 Å². The number of hydrogen-bond donors (Lipinski definition) is 2. The minimum atomic E-state index is -0.00390. The van der Waals surface area contributed by atoms with Crippen LogP contribution in [0.25, 0.3) is 5.69 Å². The van der Waals surface area contributed by atoms with Gasteiger partial charge in [-0.3, -0.25) is 4.79 Å². The van der Waals surface area contributed by atoms with Gasteiger partial charge in [-0.15, -0.1) is 12.4 Å². The number of nitrogens with zero attached hydrogens (tertiary/aromatic N) is 2. The van der Waals surface area contributed by atoms with Crippen molar-refractivity contribution < 1.29 is 4.79 Å². The van der Waals surface area contributed by atoms with Gasteiger partial charge in [0.25, 0.3) is 5.91 Å². The fourth-order valence-electron chi connectivity index (χ4n) is 2.85. The predicted molar refractivity (Wildman–Crippen MR) is 93.4 cm³/mol. The summed E-state index contributed by atoms with van der Waals surface area (Å²) in [5.41, 5.74) is 1.65. The lowest BCUT2D eigenvalue weighted by Crippen LogP contribution is -2.33. The first kappa shape index (κ1) is 17.5. The number of piperidine rings is 1. The minimum Gasteiger partial charge on any atom is -0.352 e. The topological polar surface area (TPSA) is 59.0 Å². The van der Waals surface area contributed by atoms with Crippen LogP contribution in [0.4, 0.5) is 0 Å². The Kier molecular flexibility index (Phi) is 6.62. The molecule has 3 rings (SSSR count). The highest BCUT2D eigenvalue weighted by Gasteiger charge is 2.13. The van der Waals surface area contributed by atoms with Gasteiger partial charge in [0.15, 0.2) is 0 Å². The van der Waals surface area contributed by atoms with Crippen LogP contribution < -0.4 is 10.6 Å². The normalized spacial score (nSPS) is 17.3. The van der Waals surface area contributed by atoms with Gasteiger partial charge in [0.1, 0.15) is 0 Å². The smallest absolute Gasteiger partial charge is 0.251 e. The molecule has 1 aliphatic rings. The zero-order valence-corrected chi connectivity index (χ0v) is 13.9. The zero-order chi connectivity index (χ0) is 15.2. The molecule has 23 heavy (non-hydrogen) atoms. The molecule has 2 aromatic rings. The van der Waals surface area contributed by atoms with E-state index in [1.807, 2.05) is 36.5 Å². The van der Waals surface area contributed by atoms with Crippen molar-refractivity contribution in [2.45, 2.75) is 19.3 Å². The van der Waals surface area contributed by atoms with Crippen LogP contribution in [-0.4, -0.2) is 35.3 Å². The van der Waals surface area contributed by atoms with Crippen molar-refractivity contribution in [1.29, 1.82) is 0 Å². The summed E-state index contributed by atoms with van der Waals surface area (Å²) < 4.78 is 1.78. The monoisotopic (exact) mass is 334 g/mol. The number of carbonyl (C=O) groups is 1. The summed E-state index contributed by atoms with van der Waals surface area (Å²) in [6, 6.07) is 9.38. The summed E-state index contributed by atoms with van der Waals surface area (Å²) >= 11 is 0. The van der Waals surface area contributed by atoms with Gasteiger partial charge in [-0.2, -0.15) is 5.10 Å². The molecule has 1 aromatic carbocycles. The molecule has 1 amide bonds. The molecule has 0 saturated carbocycles. The third-order valence-corrected chi connectivity index (χ3v) is 4.14. The fraction of sp³-hybridized carbons (Fsp3) is 0.412. The summed E-state index contributed by atoms with van der Waals surface area (Å²) in [5.74, 6) is 0.687. The highest BCUT2D eigenvalue weighted by molar-refractivity contribution is 5.94. The van der Waals surface area contributed by atoms with E-state index in [1.54, 1.807) is 10.9 Å². The van der Waals surface area contributed by atoms with E-state index in [0.717, 1.165) is 31.7 Å². The molecule has 0 radical (unpaired) electrons. The largest absolute Gasteiger partial charge is 0.352 e. The average Bonchev–Trinajstić information content (AvgIpc) is 3.10. The van der Waals surface area contributed by atoms with E-state index in [-0.39, 0.29) is 18.3 Å². The molecule has 1 unspecified atom stereocenters. The van der Waals surface area contributed by atoms with Crippen LogP contribution >= 0.6 is 12.4 Å². The number of carbonyl (C=O) groups excluding carboxylic acids is 1. The third kappa shape index (κ3) is 4.81. The van der Waals surface area contributed by atoms with Gasteiger partial charge in [0.05, 0.1) is 5.69 Å². The van der Waals surface area contributed by atoms with Crippen molar-refractivity contribution in [1.82, 2.24) is 20.4 Å². The summed E-state index contributed by atoms with van der Waals surface area (Å²) in [6.45, 7) is 2.95. The Bertz CT molecular complexity index is 592. The molecule has 124 valence electrons. The lowest BCUT2D eigenvalue weighted by molar-refractivity contribution is 0.0950. The Morgan fingerprint density at radius 1 is 1.35 bits per heavy atom. The number of aromatic nitrogens is 2. The third-order valence-electron chi connectivity index (χ3n) is 4.14. The Morgan fingerprint density at radius 3 is 2.83 bits per heavy atom. The van der Waals surface area contributed by atoms with Gasteiger partial charge in [-0.25, -0.2) is 4.68 Å². The number of rotatable bonds is 5. The number of benzene rings is 1. The maximum Gasteiger partial charge on any atom is 0.251 e. The molecule has 6 heteroatoms. The van der Waals surface area contributed by atoms with E-state index in [2.05, 4.69) is 15.7 Å². The summed E-state index contributed by atoms with van der Waals surface area (Å²) in [5, 5.41) is 10.6. The number of nitrogens with one attached hydrogen (secondary N) is 2. The molecule has 1 aliphatic heterocycles. The van der Waals surface area contributed by atoms with Gasteiger partial charge in [-0.05, 0) is 68.6 Å². The van der Waals surface area contributed by atoms with E-state index in [1.165, 1.54) is 12.8 Å². The molecule has 2 N–H and O–H groups in total. The second-order valence-electron chi connectivity index (χ2n) is 5.75. The van der Waals surface area contributed by atoms with E-state index < -0.39 is 0 Å². The maximum atomic E-state index is 12.1. The lowest BCUT2D eigenvalue weighted by Gasteiger charge is -2.22. The van der Waals surface area contributed by atoms with Crippen LogP contribution in [0.15, 0.2) is 42.7 Å². The second-order valence-corrected chi connectivity index (χ2v) is 5.75. The fourth-order valence-corrected chi connectivity index (χ4v) is 2.85.